The van der Waals surface area contributed by atoms with Crippen LogP contribution in [-0.4, -0.2) is 43.3 Å². The zero-order valence-corrected chi connectivity index (χ0v) is 22.2. The molecule has 206 valence electrons. The second kappa shape index (κ2) is 12.4. The number of hydrogen-bond donors (Lipinski definition) is 3. The minimum Gasteiger partial charge on any atom is -0.481 e. The van der Waals surface area contributed by atoms with E-state index in [0.717, 1.165) is 42.6 Å². The van der Waals surface area contributed by atoms with Crippen molar-refractivity contribution in [3.63, 3.8) is 0 Å². The lowest BCUT2D eigenvalue weighted by atomic mass is 9.82. The zero-order valence-electron chi connectivity index (χ0n) is 22.2. The third kappa shape index (κ3) is 6.55. The predicted molar refractivity (Wildman–Crippen MR) is 153 cm³/mol. The van der Waals surface area contributed by atoms with E-state index in [1.807, 2.05) is 18.2 Å². The summed E-state index contributed by atoms with van der Waals surface area (Å²) < 4.78 is 15.5. The Bertz CT molecular complexity index is 1460. The minimum absolute atomic E-state index is 0.0860. The maximum Gasteiger partial charge on any atom is 0.305 e. The van der Waals surface area contributed by atoms with Crippen LogP contribution < -0.4 is 0 Å². The second-order valence-electron chi connectivity index (χ2n) is 10.4. The average molecular weight is 541 g/mol. The van der Waals surface area contributed by atoms with Gasteiger partial charge in [0.2, 0.25) is 0 Å². The van der Waals surface area contributed by atoms with E-state index >= 15 is 0 Å². The SMILES string of the molecule is O=C(O)C[C@H](O)C[C@H](O)/C=C/c1c2c(nn1-c1ccc(F)cc1)[C@H](Cc1ccc(-c3ccccc3)cc1)CCC2. The van der Waals surface area contributed by atoms with E-state index in [4.69, 9.17) is 10.2 Å². The molecule has 1 aliphatic carbocycles. The van der Waals surface area contributed by atoms with Gasteiger partial charge in [-0.25, -0.2) is 9.07 Å². The third-order valence-corrected chi connectivity index (χ3v) is 7.43. The molecule has 0 fully saturated rings. The van der Waals surface area contributed by atoms with Crippen LogP contribution in [0.15, 0.2) is 84.9 Å². The first-order chi connectivity index (χ1) is 19.4. The molecular formula is C33H33FN2O4. The van der Waals surface area contributed by atoms with Gasteiger partial charge in [-0.05, 0) is 72.7 Å². The van der Waals surface area contributed by atoms with Crippen LogP contribution in [0.2, 0.25) is 0 Å². The van der Waals surface area contributed by atoms with Gasteiger partial charge in [0.1, 0.15) is 5.82 Å². The summed E-state index contributed by atoms with van der Waals surface area (Å²) >= 11 is 0. The van der Waals surface area contributed by atoms with Crippen LogP contribution in [0.1, 0.15) is 54.1 Å². The lowest BCUT2D eigenvalue weighted by molar-refractivity contribution is -0.139. The van der Waals surface area contributed by atoms with E-state index in [1.165, 1.54) is 28.8 Å². The summed E-state index contributed by atoms with van der Waals surface area (Å²) in [6.07, 6.45) is 4.33. The van der Waals surface area contributed by atoms with Crippen LogP contribution >= 0.6 is 0 Å². The van der Waals surface area contributed by atoms with Crippen molar-refractivity contribution in [2.45, 2.75) is 56.7 Å². The van der Waals surface area contributed by atoms with Crippen molar-refractivity contribution in [1.82, 2.24) is 9.78 Å². The molecule has 3 atom stereocenters. The first-order valence-electron chi connectivity index (χ1n) is 13.7. The number of hydrogen-bond acceptors (Lipinski definition) is 4. The van der Waals surface area contributed by atoms with E-state index in [-0.39, 0.29) is 18.2 Å². The molecule has 3 aromatic carbocycles. The van der Waals surface area contributed by atoms with Crippen LogP contribution in [-0.2, 0) is 17.6 Å². The van der Waals surface area contributed by atoms with Crippen molar-refractivity contribution in [2.75, 3.05) is 0 Å². The Balaban J connectivity index is 1.42. The Kier molecular flexibility index (Phi) is 8.53. The van der Waals surface area contributed by atoms with Crippen LogP contribution in [0.3, 0.4) is 0 Å². The van der Waals surface area contributed by atoms with Gasteiger partial charge in [0.05, 0.1) is 35.7 Å². The number of halogens is 1. The molecule has 7 heteroatoms. The van der Waals surface area contributed by atoms with E-state index in [1.54, 1.807) is 29.0 Å². The fourth-order valence-corrected chi connectivity index (χ4v) is 5.47. The standard InChI is InChI=1S/C33H33FN2O4/c34-26-13-15-27(16-14-26)36-31(18-17-28(37)20-29(38)21-32(39)40)30-8-4-7-25(33(30)35-36)19-22-9-11-24(12-10-22)23-5-2-1-3-6-23/h1-3,5-6,9-18,25,28-29,37-38H,4,7-8,19-21H2,(H,39,40)/b18-17+/t25-,28+,29+/m0/s1. The van der Waals surface area contributed by atoms with Gasteiger partial charge in [0.25, 0.3) is 0 Å². The van der Waals surface area contributed by atoms with Crippen molar-refractivity contribution < 1.29 is 24.5 Å². The topological polar surface area (TPSA) is 95.6 Å². The van der Waals surface area contributed by atoms with Crippen LogP contribution in [0.5, 0.6) is 0 Å². The number of benzene rings is 3. The molecule has 0 aliphatic heterocycles. The highest BCUT2D eigenvalue weighted by Crippen LogP contribution is 2.37. The van der Waals surface area contributed by atoms with Crippen molar-refractivity contribution in [1.29, 1.82) is 0 Å². The van der Waals surface area contributed by atoms with Crippen LogP contribution in [0, 0.1) is 5.82 Å². The number of aromatic nitrogens is 2. The van der Waals surface area contributed by atoms with E-state index in [9.17, 15) is 19.4 Å². The van der Waals surface area contributed by atoms with Gasteiger partial charge in [0, 0.05) is 17.9 Å². The molecule has 0 unspecified atom stereocenters. The fraction of sp³-hybridized carbons (Fsp3) is 0.273. The second-order valence-corrected chi connectivity index (χ2v) is 10.4. The Morgan fingerprint density at radius 2 is 1.70 bits per heavy atom. The molecule has 6 nitrogen and oxygen atoms in total. The number of rotatable bonds is 10. The largest absolute Gasteiger partial charge is 0.481 e. The average Bonchev–Trinajstić information content (AvgIpc) is 3.32. The molecule has 0 saturated heterocycles. The first kappa shape index (κ1) is 27.5. The molecule has 0 amide bonds. The molecule has 4 aromatic rings. The van der Waals surface area contributed by atoms with E-state index in [2.05, 4.69) is 36.4 Å². The number of carbonyl (C=O) groups is 1. The summed E-state index contributed by atoms with van der Waals surface area (Å²) in [6, 6.07) is 25.1. The van der Waals surface area contributed by atoms with Gasteiger partial charge in [0.15, 0.2) is 0 Å². The van der Waals surface area contributed by atoms with Gasteiger partial charge in [-0.2, -0.15) is 5.10 Å². The lowest BCUT2D eigenvalue weighted by Gasteiger charge is -2.21. The number of aliphatic hydroxyl groups is 2. The highest BCUT2D eigenvalue weighted by Gasteiger charge is 2.28. The minimum atomic E-state index is -1.15. The Labute approximate surface area is 233 Å². The van der Waals surface area contributed by atoms with Crippen molar-refractivity contribution >= 4 is 12.0 Å². The molecule has 1 aliphatic rings. The summed E-state index contributed by atoms with van der Waals surface area (Å²) in [5.74, 6) is -1.24. The molecule has 0 saturated carbocycles. The molecule has 40 heavy (non-hydrogen) atoms. The zero-order chi connectivity index (χ0) is 28.1. The van der Waals surface area contributed by atoms with Gasteiger partial charge in [-0.3, -0.25) is 4.79 Å². The van der Waals surface area contributed by atoms with Gasteiger partial charge < -0.3 is 15.3 Å². The quantitative estimate of drug-likeness (QED) is 0.231. The maximum atomic E-state index is 13.7. The number of carboxylic acids is 1. The highest BCUT2D eigenvalue weighted by molar-refractivity contribution is 5.67. The molecule has 0 bridgehead atoms. The molecular weight excluding hydrogens is 507 g/mol. The monoisotopic (exact) mass is 540 g/mol. The molecule has 0 spiro atoms. The third-order valence-electron chi connectivity index (χ3n) is 7.43. The number of fused-ring (bicyclic) bond motifs is 1. The Morgan fingerprint density at radius 3 is 2.40 bits per heavy atom. The smallest absolute Gasteiger partial charge is 0.305 e. The Morgan fingerprint density at radius 1 is 1.00 bits per heavy atom. The molecule has 1 heterocycles. The highest BCUT2D eigenvalue weighted by atomic mass is 19.1. The normalized spacial score (nSPS) is 16.5. The summed E-state index contributed by atoms with van der Waals surface area (Å²) in [5, 5.41) is 34.3. The maximum absolute atomic E-state index is 13.7. The number of aliphatic carboxylic acids is 1. The molecule has 5 rings (SSSR count). The van der Waals surface area contributed by atoms with Crippen molar-refractivity contribution in [2.24, 2.45) is 0 Å². The number of carboxylic acid groups (broad SMARTS) is 1. The summed E-state index contributed by atoms with van der Waals surface area (Å²) in [4.78, 5) is 10.9. The van der Waals surface area contributed by atoms with Crippen LogP contribution in [0.4, 0.5) is 4.39 Å². The summed E-state index contributed by atoms with van der Waals surface area (Å²) in [5.41, 5.74) is 7.20. The first-order valence-corrected chi connectivity index (χ1v) is 13.7. The van der Waals surface area contributed by atoms with E-state index in [0.29, 0.717) is 5.69 Å². The van der Waals surface area contributed by atoms with Gasteiger partial charge in [-0.15, -0.1) is 0 Å². The van der Waals surface area contributed by atoms with Crippen LogP contribution in [0.25, 0.3) is 22.9 Å². The predicted octanol–water partition coefficient (Wildman–Crippen LogP) is 5.94. The molecule has 3 N–H and O–H groups in total. The number of nitrogens with zero attached hydrogens (tertiary/aromatic N) is 2. The van der Waals surface area contributed by atoms with Crippen molar-refractivity contribution in [3.05, 3.63) is 113 Å². The summed E-state index contributed by atoms with van der Waals surface area (Å²) in [7, 11) is 0. The Hall–Kier alpha value is -4.07. The molecule has 0 radical (unpaired) electrons. The van der Waals surface area contributed by atoms with E-state index < -0.39 is 24.6 Å². The van der Waals surface area contributed by atoms with Gasteiger partial charge >= 0.3 is 5.97 Å². The van der Waals surface area contributed by atoms with Gasteiger partial charge in [-0.1, -0.05) is 60.7 Å². The summed E-state index contributed by atoms with van der Waals surface area (Å²) in [6.45, 7) is 0. The fourth-order valence-electron chi connectivity index (χ4n) is 5.47. The molecule has 1 aromatic heterocycles. The van der Waals surface area contributed by atoms with Crippen molar-refractivity contribution in [3.8, 4) is 16.8 Å². The lowest BCUT2D eigenvalue weighted by Crippen LogP contribution is -2.19. The number of aliphatic hydroxyl groups excluding tert-OH is 2.